The Morgan fingerprint density at radius 3 is 2.69 bits per heavy atom. The van der Waals surface area contributed by atoms with Crippen molar-refractivity contribution in [3.05, 3.63) is 81.2 Å². The van der Waals surface area contributed by atoms with Crippen molar-refractivity contribution in [2.45, 2.75) is 19.4 Å². The fourth-order valence-corrected chi connectivity index (χ4v) is 4.50. The number of benzene rings is 2. The molecule has 5 nitrogen and oxygen atoms in total. The zero-order valence-corrected chi connectivity index (χ0v) is 17.3. The third-order valence-corrected chi connectivity index (χ3v) is 6.22. The smallest absolute Gasteiger partial charge is 0.262 e. The summed E-state index contributed by atoms with van der Waals surface area (Å²) in [6, 6.07) is 16.3. The molecule has 29 heavy (non-hydrogen) atoms. The summed E-state index contributed by atoms with van der Waals surface area (Å²) in [5, 5.41) is 6.91. The van der Waals surface area contributed by atoms with E-state index in [0.717, 1.165) is 16.9 Å². The number of thiophene rings is 1. The summed E-state index contributed by atoms with van der Waals surface area (Å²) in [4.78, 5) is 25.9. The highest BCUT2D eigenvalue weighted by Crippen LogP contribution is 2.33. The normalized spacial score (nSPS) is 15.2. The lowest BCUT2D eigenvalue weighted by molar-refractivity contribution is 0.0927. The molecule has 0 saturated heterocycles. The van der Waals surface area contributed by atoms with Crippen LogP contribution in [0.1, 0.15) is 43.6 Å². The Morgan fingerprint density at radius 2 is 1.86 bits per heavy atom. The fourth-order valence-electron chi connectivity index (χ4n) is 3.31. The lowest BCUT2D eigenvalue weighted by atomic mass is 10.0. The summed E-state index contributed by atoms with van der Waals surface area (Å²) in [5.74, 6) is 0.342. The van der Waals surface area contributed by atoms with Crippen LogP contribution in [-0.2, 0) is 0 Å². The van der Waals surface area contributed by atoms with Crippen molar-refractivity contribution in [2.75, 3.05) is 11.9 Å². The first kappa shape index (κ1) is 19.5. The number of carbonyl (C=O) groups excluding carboxylic acids is 2. The number of aryl methyl sites for hydroxylation is 1. The van der Waals surface area contributed by atoms with Crippen LogP contribution in [0.5, 0.6) is 5.75 Å². The number of hydrogen-bond acceptors (Lipinski definition) is 4. The van der Waals surface area contributed by atoms with Gasteiger partial charge in [-0.25, -0.2) is 0 Å². The monoisotopic (exact) mass is 426 g/mol. The van der Waals surface area contributed by atoms with Crippen molar-refractivity contribution in [3.8, 4) is 5.75 Å². The molecule has 2 heterocycles. The third kappa shape index (κ3) is 4.13. The molecule has 2 aromatic carbocycles. The van der Waals surface area contributed by atoms with E-state index in [9.17, 15) is 9.59 Å². The molecule has 0 aliphatic carbocycles. The lowest BCUT2D eigenvalue weighted by Crippen LogP contribution is -2.32. The van der Waals surface area contributed by atoms with Crippen molar-refractivity contribution < 1.29 is 14.3 Å². The zero-order chi connectivity index (χ0) is 20.4. The van der Waals surface area contributed by atoms with E-state index in [2.05, 4.69) is 10.6 Å². The van der Waals surface area contributed by atoms with Gasteiger partial charge >= 0.3 is 0 Å². The van der Waals surface area contributed by atoms with Gasteiger partial charge in [0, 0.05) is 12.0 Å². The van der Waals surface area contributed by atoms with E-state index in [0.29, 0.717) is 33.5 Å². The average Bonchev–Trinajstić information content (AvgIpc) is 3.08. The van der Waals surface area contributed by atoms with E-state index >= 15 is 0 Å². The van der Waals surface area contributed by atoms with Gasteiger partial charge in [-0.3, -0.25) is 9.59 Å². The zero-order valence-electron chi connectivity index (χ0n) is 15.7. The first-order valence-electron chi connectivity index (χ1n) is 9.22. The van der Waals surface area contributed by atoms with Gasteiger partial charge in [0.1, 0.15) is 5.75 Å². The van der Waals surface area contributed by atoms with Crippen LogP contribution in [-0.4, -0.2) is 18.4 Å². The van der Waals surface area contributed by atoms with Gasteiger partial charge in [0.05, 0.1) is 33.1 Å². The molecular weight excluding hydrogens is 408 g/mol. The Morgan fingerprint density at radius 1 is 1.10 bits per heavy atom. The van der Waals surface area contributed by atoms with Gasteiger partial charge in [-0.1, -0.05) is 41.9 Å². The molecule has 148 valence electrons. The molecule has 0 spiro atoms. The van der Waals surface area contributed by atoms with Gasteiger partial charge in [0.15, 0.2) is 0 Å². The first-order chi connectivity index (χ1) is 14.0. The minimum Gasteiger partial charge on any atom is -0.493 e. The highest BCUT2D eigenvalue weighted by molar-refractivity contribution is 7.18. The van der Waals surface area contributed by atoms with Crippen LogP contribution in [0.15, 0.2) is 54.6 Å². The Kier molecular flexibility index (Phi) is 5.56. The topological polar surface area (TPSA) is 67.4 Å². The Balaban J connectivity index is 1.49. The van der Waals surface area contributed by atoms with Crippen molar-refractivity contribution in [3.63, 3.8) is 0 Å². The van der Waals surface area contributed by atoms with Crippen LogP contribution < -0.4 is 15.4 Å². The van der Waals surface area contributed by atoms with Gasteiger partial charge in [0.25, 0.3) is 11.8 Å². The molecule has 1 aliphatic rings. The lowest BCUT2D eigenvalue weighted by Gasteiger charge is -2.26. The van der Waals surface area contributed by atoms with Crippen molar-refractivity contribution in [1.29, 1.82) is 0 Å². The van der Waals surface area contributed by atoms with Crippen molar-refractivity contribution in [2.24, 2.45) is 0 Å². The standard InChI is InChI=1S/C22H19ClN2O3S/c1-13-12-19(25-21(26)14-6-2-4-8-16(14)23)29-20(13)22(27)24-17-10-11-28-18-9-5-3-7-15(17)18/h2-9,12,17H,10-11H2,1H3,(H,24,27)(H,25,26)/t17-/m0/s1. The fraction of sp³-hybridized carbons (Fsp3) is 0.182. The molecule has 3 aromatic rings. The molecule has 2 N–H and O–H groups in total. The summed E-state index contributed by atoms with van der Waals surface area (Å²) in [6.07, 6.45) is 0.712. The largest absolute Gasteiger partial charge is 0.493 e. The average molecular weight is 427 g/mol. The first-order valence-corrected chi connectivity index (χ1v) is 10.4. The van der Waals surface area contributed by atoms with Gasteiger partial charge in [-0.05, 0) is 36.8 Å². The maximum Gasteiger partial charge on any atom is 0.262 e. The number of carbonyl (C=O) groups is 2. The second-order valence-electron chi connectivity index (χ2n) is 6.76. The van der Waals surface area contributed by atoms with Crippen LogP contribution in [0.4, 0.5) is 5.00 Å². The van der Waals surface area contributed by atoms with Gasteiger partial charge in [-0.15, -0.1) is 11.3 Å². The number of hydrogen-bond donors (Lipinski definition) is 2. The number of para-hydroxylation sites is 1. The number of nitrogens with one attached hydrogen (secondary N) is 2. The highest BCUT2D eigenvalue weighted by atomic mass is 35.5. The predicted octanol–water partition coefficient (Wildman–Crippen LogP) is 5.22. The number of amides is 2. The Labute approximate surface area is 177 Å². The molecule has 4 rings (SSSR count). The summed E-state index contributed by atoms with van der Waals surface area (Å²) in [6.45, 7) is 2.42. The molecule has 0 unspecified atom stereocenters. The highest BCUT2D eigenvalue weighted by Gasteiger charge is 2.25. The molecule has 0 radical (unpaired) electrons. The second-order valence-corrected chi connectivity index (χ2v) is 8.22. The quantitative estimate of drug-likeness (QED) is 0.601. The number of halogens is 1. The van der Waals surface area contributed by atoms with Crippen LogP contribution >= 0.6 is 22.9 Å². The van der Waals surface area contributed by atoms with Crippen molar-refractivity contribution >= 4 is 39.8 Å². The Bertz CT molecular complexity index is 1080. The summed E-state index contributed by atoms with van der Waals surface area (Å²) < 4.78 is 5.66. The van der Waals surface area contributed by atoms with E-state index in [1.165, 1.54) is 11.3 Å². The van der Waals surface area contributed by atoms with E-state index in [1.54, 1.807) is 30.3 Å². The van der Waals surface area contributed by atoms with Crippen LogP contribution in [0.25, 0.3) is 0 Å². The maximum absolute atomic E-state index is 12.9. The predicted molar refractivity (Wildman–Crippen MR) is 115 cm³/mol. The summed E-state index contributed by atoms with van der Waals surface area (Å²) >= 11 is 7.34. The molecule has 0 fully saturated rings. The van der Waals surface area contributed by atoms with Crippen LogP contribution in [0, 0.1) is 6.92 Å². The second kappa shape index (κ2) is 8.27. The number of anilines is 1. The molecule has 7 heteroatoms. The van der Waals surface area contributed by atoms with E-state index in [4.69, 9.17) is 16.3 Å². The third-order valence-electron chi connectivity index (χ3n) is 4.74. The maximum atomic E-state index is 12.9. The Hall–Kier alpha value is -2.83. The minimum atomic E-state index is -0.304. The number of fused-ring (bicyclic) bond motifs is 1. The van der Waals surface area contributed by atoms with Crippen LogP contribution in [0.3, 0.4) is 0 Å². The summed E-state index contributed by atoms with van der Waals surface area (Å²) in [5.41, 5.74) is 2.18. The molecule has 0 bridgehead atoms. The number of rotatable bonds is 4. The SMILES string of the molecule is Cc1cc(NC(=O)c2ccccc2Cl)sc1C(=O)N[C@H]1CCOc2ccccc21. The molecule has 1 atom stereocenters. The molecule has 1 aliphatic heterocycles. The van der Waals surface area contributed by atoms with Crippen LogP contribution in [0.2, 0.25) is 5.02 Å². The molecule has 0 saturated carbocycles. The minimum absolute atomic E-state index is 0.102. The van der Waals surface area contributed by atoms with E-state index in [1.807, 2.05) is 31.2 Å². The van der Waals surface area contributed by atoms with Gasteiger partial charge in [0.2, 0.25) is 0 Å². The van der Waals surface area contributed by atoms with E-state index < -0.39 is 0 Å². The molecule has 1 aromatic heterocycles. The van der Waals surface area contributed by atoms with Gasteiger partial charge in [-0.2, -0.15) is 0 Å². The van der Waals surface area contributed by atoms with E-state index in [-0.39, 0.29) is 17.9 Å². The number of ether oxygens (including phenoxy) is 1. The molecular formula is C22H19ClN2O3S. The summed E-state index contributed by atoms with van der Waals surface area (Å²) in [7, 11) is 0. The van der Waals surface area contributed by atoms with Gasteiger partial charge < -0.3 is 15.4 Å². The van der Waals surface area contributed by atoms with Crippen molar-refractivity contribution in [1.82, 2.24) is 5.32 Å². The molecule has 2 amide bonds.